The molecule has 0 aliphatic carbocycles. The molecule has 1 atom stereocenters. The van der Waals surface area contributed by atoms with Crippen molar-refractivity contribution in [3.63, 3.8) is 0 Å². The lowest BCUT2D eigenvalue weighted by atomic mass is 10.3. The van der Waals surface area contributed by atoms with Crippen LogP contribution in [-0.4, -0.2) is 19.5 Å². The van der Waals surface area contributed by atoms with Gasteiger partial charge in [0.15, 0.2) is 5.78 Å². The molecular weight excluding hydrogens is 214 g/mol. The number of sulfone groups is 1. The minimum atomic E-state index is -3.86. The molecule has 0 saturated heterocycles. The number of nitrogens with zero attached hydrogens (tertiary/aromatic N) is 1. The van der Waals surface area contributed by atoms with E-state index < -0.39 is 20.9 Å². The van der Waals surface area contributed by atoms with Gasteiger partial charge in [-0.1, -0.05) is 18.2 Å². The van der Waals surface area contributed by atoms with Crippen LogP contribution in [0.4, 0.5) is 0 Å². The van der Waals surface area contributed by atoms with E-state index in [4.69, 9.17) is 5.26 Å². The normalized spacial score (nSPS) is 12.8. The van der Waals surface area contributed by atoms with Crippen LogP contribution >= 0.6 is 0 Å². The summed E-state index contributed by atoms with van der Waals surface area (Å²) in [6.45, 7) is 1.09. The third kappa shape index (κ3) is 2.22. The first kappa shape index (κ1) is 11.4. The van der Waals surface area contributed by atoms with E-state index in [9.17, 15) is 13.2 Å². The van der Waals surface area contributed by atoms with E-state index in [1.807, 2.05) is 0 Å². The first-order valence-corrected chi connectivity index (χ1v) is 5.74. The van der Waals surface area contributed by atoms with Crippen LogP contribution in [0.1, 0.15) is 6.92 Å². The minimum absolute atomic E-state index is 0.00764. The Hall–Kier alpha value is -1.67. The molecule has 0 saturated carbocycles. The fourth-order valence-corrected chi connectivity index (χ4v) is 2.51. The standard InChI is InChI=1S/C10H9NO3S/c1-8(12)10(7-11)15(13,14)9-5-3-2-4-6-9/h2-6,10H,1H3. The van der Waals surface area contributed by atoms with Crippen molar-refractivity contribution in [1.29, 1.82) is 5.26 Å². The van der Waals surface area contributed by atoms with Crippen LogP contribution in [0.5, 0.6) is 0 Å². The summed E-state index contributed by atoms with van der Waals surface area (Å²) in [5, 5.41) is 7.03. The number of Topliss-reactive ketones (excluding diaryl/α,β-unsaturated/α-hetero) is 1. The zero-order valence-corrected chi connectivity index (χ0v) is 8.86. The van der Waals surface area contributed by atoms with Crippen LogP contribution in [0.2, 0.25) is 0 Å². The molecule has 15 heavy (non-hydrogen) atoms. The average Bonchev–Trinajstić information content (AvgIpc) is 2.19. The molecule has 0 fully saturated rings. The predicted octanol–water partition coefficient (Wildman–Crippen LogP) is 0.941. The van der Waals surface area contributed by atoms with Gasteiger partial charge in [-0.15, -0.1) is 0 Å². The van der Waals surface area contributed by atoms with Gasteiger partial charge in [0.05, 0.1) is 11.0 Å². The summed E-state index contributed by atoms with van der Waals surface area (Å²) in [4.78, 5) is 11.0. The summed E-state index contributed by atoms with van der Waals surface area (Å²) >= 11 is 0. The SMILES string of the molecule is CC(=O)C(C#N)S(=O)(=O)c1ccccc1. The Morgan fingerprint density at radius 1 is 1.33 bits per heavy atom. The molecule has 5 heteroatoms. The molecule has 1 aromatic rings. The number of carbonyl (C=O) groups excluding carboxylic acids is 1. The Kier molecular flexibility index (Phi) is 3.22. The van der Waals surface area contributed by atoms with Crippen LogP contribution in [0.15, 0.2) is 35.2 Å². The first-order valence-electron chi connectivity index (χ1n) is 4.19. The Balaban J connectivity index is 3.26. The lowest BCUT2D eigenvalue weighted by Crippen LogP contribution is -2.26. The number of hydrogen-bond acceptors (Lipinski definition) is 4. The van der Waals surface area contributed by atoms with Crippen molar-refractivity contribution in [1.82, 2.24) is 0 Å². The summed E-state index contributed by atoms with van der Waals surface area (Å²) in [5.74, 6) is -0.665. The summed E-state index contributed by atoms with van der Waals surface area (Å²) < 4.78 is 23.5. The fourth-order valence-electron chi connectivity index (χ4n) is 1.13. The Bertz CT molecular complexity index is 499. The first-order chi connectivity index (χ1) is 7.00. The lowest BCUT2D eigenvalue weighted by Gasteiger charge is -2.06. The Morgan fingerprint density at radius 3 is 2.27 bits per heavy atom. The summed E-state index contributed by atoms with van der Waals surface area (Å²) in [6, 6.07) is 8.98. The zero-order chi connectivity index (χ0) is 11.5. The van der Waals surface area contributed by atoms with E-state index in [0.29, 0.717) is 0 Å². The van der Waals surface area contributed by atoms with Crippen molar-refractivity contribution < 1.29 is 13.2 Å². The Labute approximate surface area is 88.1 Å². The smallest absolute Gasteiger partial charge is 0.210 e. The molecule has 0 aliphatic rings. The monoisotopic (exact) mass is 223 g/mol. The van der Waals surface area contributed by atoms with Gasteiger partial charge in [-0.25, -0.2) is 8.42 Å². The van der Waals surface area contributed by atoms with Crippen molar-refractivity contribution in [3.05, 3.63) is 30.3 Å². The second kappa shape index (κ2) is 4.24. The van der Waals surface area contributed by atoms with Gasteiger partial charge in [-0.05, 0) is 19.1 Å². The highest BCUT2D eigenvalue weighted by atomic mass is 32.2. The van der Waals surface area contributed by atoms with Crippen LogP contribution in [0.3, 0.4) is 0 Å². The predicted molar refractivity (Wildman–Crippen MR) is 53.7 cm³/mol. The van der Waals surface area contributed by atoms with E-state index in [2.05, 4.69) is 0 Å². The molecular formula is C10H9NO3S. The highest BCUT2D eigenvalue weighted by Crippen LogP contribution is 2.15. The molecule has 0 bridgehead atoms. The molecule has 4 nitrogen and oxygen atoms in total. The fraction of sp³-hybridized carbons (Fsp3) is 0.200. The van der Waals surface area contributed by atoms with Crippen LogP contribution < -0.4 is 0 Å². The van der Waals surface area contributed by atoms with E-state index >= 15 is 0 Å². The average molecular weight is 223 g/mol. The highest BCUT2D eigenvalue weighted by molar-refractivity contribution is 7.93. The van der Waals surface area contributed by atoms with E-state index in [0.717, 1.165) is 6.92 Å². The van der Waals surface area contributed by atoms with Gasteiger partial charge in [0.1, 0.15) is 0 Å². The van der Waals surface area contributed by atoms with Crippen LogP contribution in [0.25, 0.3) is 0 Å². The number of benzene rings is 1. The number of carbonyl (C=O) groups is 1. The molecule has 1 aromatic carbocycles. The zero-order valence-electron chi connectivity index (χ0n) is 8.04. The maximum atomic E-state index is 11.8. The minimum Gasteiger partial charge on any atom is -0.297 e. The maximum Gasteiger partial charge on any atom is 0.210 e. The molecule has 78 valence electrons. The molecule has 1 unspecified atom stereocenters. The molecule has 0 spiro atoms. The van der Waals surface area contributed by atoms with Crippen molar-refractivity contribution >= 4 is 15.6 Å². The molecule has 0 amide bonds. The molecule has 1 rings (SSSR count). The summed E-state index contributed by atoms with van der Waals surface area (Å²) in [6.07, 6.45) is 0. The van der Waals surface area contributed by atoms with E-state index in [-0.39, 0.29) is 4.90 Å². The van der Waals surface area contributed by atoms with Gasteiger partial charge in [0.2, 0.25) is 15.1 Å². The maximum absolute atomic E-state index is 11.8. The number of nitriles is 1. The van der Waals surface area contributed by atoms with Gasteiger partial charge in [0, 0.05) is 0 Å². The van der Waals surface area contributed by atoms with Gasteiger partial charge in [0.25, 0.3) is 0 Å². The topological polar surface area (TPSA) is 75.0 Å². The van der Waals surface area contributed by atoms with Crippen LogP contribution in [0, 0.1) is 11.3 Å². The Morgan fingerprint density at radius 2 is 1.87 bits per heavy atom. The van der Waals surface area contributed by atoms with Crippen molar-refractivity contribution in [2.24, 2.45) is 0 Å². The van der Waals surface area contributed by atoms with Gasteiger partial charge in [-0.3, -0.25) is 4.79 Å². The molecule has 0 N–H and O–H groups in total. The third-order valence-electron chi connectivity index (χ3n) is 1.87. The molecule has 0 heterocycles. The molecule has 0 aliphatic heterocycles. The highest BCUT2D eigenvalue weighted by Gasteiger charge is 2.31. The van der Waals surface area contributed by atoms with Crippen molar-refractivity contribution in [2.75, 3.05) is 0 Å². The largest absolute Gasteiger partial charge is 0.297 e. The number of hydrogen-bond donors (Lipinski definition) is 0. The van der Waals surface area contributed by atoms with Crippen molar-refractivity contribution in [3.8, 4) is 6.07 Å². The lowest BCUT2D eigenvalue weighted by molar-refractivity contribution is -0.115. The van der Waals surface area contributed by atoms with E-state index in [1.165, 1.54) is 18.2 Å². The van der Waals surface area contributed by atoms with Gasteiger partial charge < -0.3 is 0 Å². The second-order valence-corrected chi connectivity index (χ2v) is 5.01. The quantitative estimate of drug-likeness (QED) is 0.764. The number of ketones is 1. The van der Waals surface area contributed by atoms with Gasteiger partial charge >= 0.3 is 0 Å². The number of rotatable bonds is 3. The van der Waals surface area contributed by atoms with Crippen molar-refractivity contribution in [2.45, 2.75) is 17.1 Å². The molecule has 0 radical (unpaired) electrons. The van der Waals surface area contributed by atoms with Gasteiger partial charge in [-0.2, -0.15) is 5.26 Å². The summed E-state index contributed by atoms with van der Waals surface area (Å²) in [5.41, 5.74) is 0. The second-order valence-electron chi connectivity index (χ2n) is 2.98. The van der Waals surface area contributed by atoms with Crippen LogP contribution in [-0.2, 0) is 14.6 Å². The third-order valence-corrected chi connectivity index (χ3v) is 3.86. The molecule has 0 aromatic heterocycles. The summed E-state index contributed by atoms with van der Waals surface area (Å²) in [7, 11) is -3.86. The van der Waals surface area contributed by atoms with E-state index in [1.54, 1.807) is 18.2 Å².